The second kappa shape index (κ2) is 4.82. The molecule has 1 rings (SSSR count). The Morgan fingerprint density at radius 3 is 2.80 bits per heavy atom. The molecule has 1 N–H and O–H groups in total. The first kappa shape index (κ1) is 11.6. The lowest BCUT2D eigenvalue weighted by molar-refractivity contribution is -0.117. The molecule has 0 aromatic carbocycles. The topological polar surface area (TPSA) is 58.1 Å². The molecule has 1 atom stereocenters. The minimum absolute atomic E-state index is 0.0891. The van der Waals surface area contributed by atoms with Crippen LogP contribution in [0.5, 0.6) is 0 Å². The highest BCUT2D eigenvalue weighted by atomic mass is 16.1. The van der Waals surface area contributed by atoms with Crippen molar-refractivity contribution >= 4 is 6.41 Å². The summed E-state index contributed by atoms with van der Waals surface area (Å²) in [7, 11) is 1.73. The Balaban J connectivity index is 2.61. The highest BCUT2D eigenvalue weighted by Gasteiger charge is 2.08. The molecule has 0 aliphatic carbocycles. The molecular weight excluding hydrogens is 194 g/mol. The van der Waals surface area contributed by atoms with Gasteiger partial charge in [0.15, 0.2) is 0 Å². The SMILES string of the molecule is Cc1cn(C(C)CCN(C)C=O)c(=O)[nH]1. The Morgan fingerprint density at radius 2 is 2.33 bits per heavy atom. The lowest BCUT2D eigenvalue weighted by Crippen LogP contribution is -2.24. The number of imidazole rings is 1. The molecule has 1 aromatic heterocycles. The van der Waals surface area contributed by atoms with Gasteiger partial charge in [0.25, 0.3) is 0 Å². The number of nitrogens with zero attached hydrogens (tertiary/aromatic N) is 2. The molecule has 0 bridgehead atoms. The molecule has 1 heterocycles. The van der Waals surface area contributed by atoms with Crippen molar-refractivity contribution in [1.29, 1.82) is 0 Å². The van der Waals surface area contributed by atoms with Crippen molar-refractivity contribution in [2.75, 3.05) is 13.6 Å². The van der Waals surface area contributed by atoms with Crippen LogP contribution in [0.4, 0.5) is 0 Å². The van der Waals surface area contributed by atoms with Crippen molar-refractivity contribution in [3.8, 4) is 0 Å². The third kappa shape index (κ3) is 2.97. The average molecular weight is 211 g/mol. The van der Waals surface area contributed by atoms with Crippen molar-refractivity contribution in [3.05, 3.63) is 22.4 Å². The van der Waals surface area contributed by atoms with Crippen LogP contribution >= 0.6 is 0 Å². The molecule has 0 spiro atoms. The quantitative estimate of drug-likeness (QED) is 0.722. The van der Waals surface area contributed by atoms with Crippen LogP contribution in [-0.2, 0) is 4.79 Å². The van der Waals surface area contributed by atoms with Crippen LogP contribution in [0.25, 0.3) is 0 Å². The number of amides is 1. The van der Waals surface area contributed by atoms with E-state index in [-0.39, 0.29) is 11.7 Å². The second-order valence-corrected chi connectivity index (χ2v) is 3.87. The van der Waals surface area contributed by atoms with E-state index in [9.17, 15) is 9.59 Å². The second-order valence-electron chi connectivity index (χ2n) is 3.87. The van der Waals surface area contributed by atoms with E-state index >= 15 is 0 Å². The number of carbonyl (C=O) groups excluding carboxylic acids is 1. The molecule has 0 saturated heterocycles. The molecule has 0 radical (unpaired) electrons. The molecule has 1 amide bonds. The molecule has 0 fully saturated rings. The maximum atomic E-state index is 11.4. The molecule has 84 valence electrons. The number of hydrogen-bond donors (Lipinski definition) is 1. The summed E-state index contributed by atoms with van der Waals surface area (Å²) in [5.41, 5.74) is 0.768. The highest BCUT2D eigenvalue weighted by molar-refractivity contribution is 5.46. The lowest BCUT2D eigenvalue weighted by atomic mass is 10.2. The smallest absolute Gasteiger partial charge is 0.325 e. The highest BCUT2D eigenvalue weighted by Crippen LogP contribution is 2.08. The summed E-state index contributed by atoms with van der Waals surface area (Å²) in [6, 6.07) is 0.102. The van der Waals surface area contributed by atoms with Crippen LogP contribution in [0.3, 0.4) is 0 Å². The summed E-state index contributed by atoms with van der Waals surface area (Å²) >= 11 is 0. The largest absolute Gasteiger partial charge is 0.348 e. The fourth-order valence-corrected chi connectivity index (χ4v) is 1.44. The summed E-state index contributed by atoms with van der Waals surface area (Å²) in [6.45, 7) is 4.47. The number of rotatable bonds is 5. The van der Waals surface area contributed by atoms with Gasteiger partial charge >= 0.3 is 5.69 Å². The summed E-state index contributed by atoms with van der Waals surface area (Å²) in [5.74, 6) is 0. The third-order valence-corrected chi connectivity index (χ3v) is 2.43. The van der Waals surface area contributed by atoms with Crippen LogP contribution in [-0.4, -0.2) is 34.5 Å². The maximum absolute atomic E-state index is 11.4. The lowest BCUT2D eigenvalue weighted by Gasteiger charge is -2.15. The standard InChI is InChI=1S/C10H17N3O2/c1-8-6-13(10(15)11-8)9(2)4-5-12(3)7-14/h6-7,9H,4-5H2,1-3H3,(H,11,15). The van der Waals surface area contributed by atoms with E-state index in [2.05, 4.69) is 4.98 Å². The third-order valence-electron chi connectivity index (χ3n) is 2.43. The van der Waals surface area contributed by atoms with Gasteiger partial charge in [0.1, 0.15) is 0 Å². The fourth-order valence-electron chi connectivity index (χ4n) is 1.44. The van der Waals surface area contributed by atoms with E-state index in [1.807, 2.05) is 13.8 Å². The van der Waals surface area contributed by atoms with Gasteiger partial charge in [-0.3, -0.25) is 9.36 Å². The molecule has 0 saturated carbocycles. The first-order valence-corrected chi connectivity index (χ1v) is 4.98. The molecule has 1 aromatic rings. The van der Waals surface area contributed by atoms with E-state index < -0.39 is 0 Å². The van der Waals surface area contributed by atoms with Crippen molar-refractivity contribution in [2.24, 2.45) is 0 Å². The number of aromatic amines is 1. The van der Waals surface area contributed by atoms with E-state index in [0.717, 1.165) is 18.5 Å². The minimum Gasteiger partial charge on any atom is -0.348 e. The zero-order valence-electron chi connectivity index (χ0n) is 9.36. The number of H-pyrrole nitrogens is 1. The predicted molar refractivity (Wildman–Crippen MR) is 57.8 cm³/mol. The van der Waals surface area contributed by atoms with Crippen molar-refractivity contribution < 1.29 is 4.79 Å². The van der Waals surface area contributed by atoms with E-state index in [1.54, 1.807) is 22.7 Å². The maximum Gasteiger partial charge on any atom is 0.325 e. The van der Waals surface area contributed by atoms with Crippen molar-refractivity contribution in [1.82, 2.24) is 14.5 Å². The summed E-state index contributed by atoms with van der Waals surface area (Å²) in [4.78, 5) is 26.1. The Morgan fingerprint density at radius 1 is 1.67 bits per heavy atom. The molecule has 5 heteroatoms. The molecule has 1 unspecified atom stereocenters. The number of aromatic nitrogens is 2. The summed E-state index contributed by atoms with van der Waals surface area (Å²) in [5, 5.41) is 0. The Kier molecular flexibility index (Phi) is 3.71. The fraction of sp³-hybridized carbons (Fsp3) is 0.600. The van der Waals surface area contributed by atoms with Crippen LogP contribution in [0.15, 0.2) is 11.0 Å². The monoisotopic (exact) mass is 211 g/mol. The number of carbonyl (C=O) groups is 1. The van der Waals surface area contributed by atoms with Crippen LogP contribution in [0, 0.1) is 6.92 Å². The zero-order valence-corrected chi connectivity index (χ0v) is 9.36. The number of nitrogens with one attached hydrogen (secondary N) is 1. The zero-order chi connectivity index (χ0) is 11.4. The van der Waals surface area contributed by atoms with Gasteiger partial charge in [-0.15, -0.1) is 0 Å². The van der Waals surface area contributed by atoms with Gasteiger partial charge in [0.2, 0.25) is 6.41 Å². The molecule has 0 aliphatic heterocycles. The Labute approximate surface area is 88.7 Å². The molecule has 0 aliphatic rings. The van der Waals surface area contributed by atoms with E-state index in [0.29, 0.717) is 6.54 Å². The minimum atomic E-state index is -0.0891. The van der Waals surface area contributed by atoms with Crippen molar-refractivity contribution in [2.45, 2.75) is 26.3 Å². The number of aryl methyl sites for hydroxylation is 1. The summed E-state index contributed by atoms with van der Waals surface area (Å²) in [6.07, 6.45) is 3.36. The molecule has 15 heavy (non-hydrogen) atoms. The van der Waals surface area contributed by atoms with E-state index in [4.69, 9.17) is 0 Å². The van der Waals surface area contributed by atoms with E-state index in [1.165, 1.54) is 0 Å². The summed E-state index contributed by atoms with van der Waals surface area (Å²) < 4.78 is 1.66. The van der Waals surface area contributed by atoms with Gasteiger partial charge in [-0.2, -0.15) is 0 Å². The number of hydrogen-bond acceptors (Lipinski definition) is 2. The van der Waals surface area contributed by atoms with Gasteiger partial charge in [0, 0.05) is 31.5 Å². The Bertz CT molecular complexity index is 380. The van der Waals surface area contributed by atoms with Crippen LogP contribution in [0.1, 0.15) is 25.1 Å². The Hall–Kier alpha value is -1.52. The van der Waals surface area contributed by atoms with Crippen molar-refractivity contribution in [3.63, 3.8) is 0 Å². The van der Waals surface area contributed by atoms with Crippen LogP contribution < -0.4 is 5.69 Å². The average Bonchev–Trinajstić information content (AvgIpc) is 2.53. The molecule has 5 nitrogen and oxygen atoms in total. The van der Waals surface area contributed by atoms with Gasteiger partial charge < -0.3 is 9.88 Å². The first-order valence-electron chi connectivity index (χ1n) is 4.98. The van der Waals surface area contributed by atoms with Gasteiger partial charge in [-0.25, -0.2) is 4.79 Å². The molecular formula is C10H17N3O2. The normalized spacial score (nSPS) is 12.5. The van der Waals surface area contributed by atoms with Gasteiger partial charge in [0.05, 0.1) is 0 Å². The first-order chi connectivity index (χ1) is 7.04. The predicted octanol–water partition coefficient (Wildman–Crippen LogP) is 0.524. The van der Waals surface area contributed by atoms with Gasteiger partial charge in [-0.05, 0) is 20.3 Å². The van der Waals surface area contributed by atoms with Crippen LogP contribution in [0.2, 0.25) is 0 Å². The van der Waals surface area contributed by atoms with Gasteiger partial charge in [-0.1, -0.05) is 0 Å².